The van der Waals surface area contributed by atoms with Crippen molar-refractivity contribution in [3.63, 3.8) is 0 Å². The van der Waals surface area contributed by atoms with Crippen molar-refractivity contribution in [1.29, 1.82) is 0 Å². The van der Waals surface area contributed by atoms with Crippen LogP contribution >= 0.6 is 11.8 Å². The molecule has 2 unspecified atom stereocenters. The molecule has 1 aromatic carbocycles. The minimum absolute atomic E-state index is 0.0342. The number of nitrogens with zero attached hydrogens (tertiary/aromatic N) is 1. The molecular weight excluding hydrogens is 358 g/mol. The quantitative estimate of drug-likeness (QED) is 0.664. The fourth-order valence-corrected chi connectivity index (χ4v) is 5.85. The van der Waals surface area contributed by atoms with E-state index in [9.17, 15) is 9.59 Å². The number of esters is 1. The lowest BCUT2D eigenvalue weighted by Gasteiger charge is -2.35. The highest BCUT2D eigenvalue weighted by molar-refractivity contribution is 8.00. The monoisotopic (exact) mass is 389 g/mol. The van der Waals surface area contributed by atoms with Crippen LogP contribution in [0.2, 0.25) is 0 Å². The van der Waals surface area contributed by atoms with Gasteiger partial charge in [0.25, 0.3) is 5.91 Å². The summed E-state index contributed by atoms with van der Waals surface area (Å²) in [6.45, 7) is 2.18. The number of thioether (sulfide) groups is 1. The maximum Gasteiger partial charge on any atom is 0.329 e. The smallest absolute Gasteiger partial charge is 0.329 e. The highest BCUT2D eigenvalue weighted by Crippen LogP contribution is 2.41. The zero-order valence-corrected chi connectivity index (χ0v) is 17.3. The predicted molar refractivity (Wildman–Crippen MR) is 110 cm³/mol. The van der Waals surface area contributed by atoms with Crippen LogP contribution in [0.25, 0.3) is 0 Å². The molecular formula is C22H31NO3S. The number of methoxy groups -OCH3 is 1. The predicted octanol–water partition coefficient (Wildman–Crippen LogP) is 4.67. The van der Waals surface area contributed by atoms with Crippen LogP contribution in [0.4, 0.5) is 0 Å². The number of rotatable bonds is 6. The molecule has 2 aliphatic rings. The lowest BCUT2D eigenvalue weighted by Crippen LogP contribution is -2.48. The van der Waals surface area contributed by atoms with Crippen molar-refractivity contribution >= 4 is 23.6 Å². The molecule has 148 valence electrons. The summed E-state index contributed by atoms with van der Waals surface area (Å²) >= 11 is 1.75. The zero-order chi connectivity index (χ0) is 19.2. The number of ether oxygens (including phenoxy) is 1. The third-order valence-electron chi connectivity index (χ3n) is 5.82. The molecule has 0 bridgehead atoms. The van der Waals surface area contributed by atoms with Gasteiger partial charge in [0.1, 0.15) is 6.04 Å². The fourth-order valence-electron chi connectivity index (χ4n) is 4.23. The Morgan fingerprint density at radius 2 is 1.85 bits per heavy atom. The van der Waals surface area contributed by atoms with E-state index in [0.717, 1.165) is 32.1 Å². The van der Waals surface area contributed by atoms with E-state index in [4.69, 9.17) is 4.74 Å². The third kappa shape index (κ3) is 4.68. The number of carbonyl (C=O) groups excluding carboxylic acids is 2. The minimum atomic E-state index is -0.473. The second-order valence-electron chi connectivity index (χ2n) is 7.67. The molecule has 1 amide bonds. The van der Waals surface area contributed by atoms with Gasteiger partial charge in [-0.15, -0.1) is 11.8 Å². The van der Waals surface area contributed by atoms with E-state index in [-0.39, 0.29) is 17.3 Å². The Hall–Kier alpha value is -1.49. The Labute approximate surface area is 167 Å². The molecule has 0 aromatic heterocycles. The van der Waals surface area contributed by atoms with Crippen LogP contribution in [-0.2, 0) is 16.0 Å². The van der Waals surface area contributed by atoms with Gasteiger partial charge in [0, 0.05) is 11.3 Å². The van der Waals surface area contributed by atoms with Gasteiger partial charge in [-0.3, -0.25) is 4.79 Å². The van der Waals surface area contributed by atoms with Gasteiger partial charge in [-0.25, -0.2) is 4.79 Å². The van der Waals surface area contributed by atoms with Crippen LogP contribution in [0.1, 0.15) is 67.8 Å². The molecule has 1 saturated heterocycles. The Morgan fingerprint density at radius 1 is 1.15 bits per heavy atom. The molecule has 1 aromatic rings. The molecule has 0 radical (unpaired) electrons. The number of carbonyl (C=O) groups is 2. The summed E-state index contributed by atoms with van der Waals surface area (Å²) in [4.78, 5) is 27.5. The number of unbranched alkanes of at least 4 members (excludes halogenated alkanes) is 1. The molecule has 1 heterocycles. The molecule has 2 fully saturated rings. The zero-order valence-electron chi connectivity index (χ0n) is 16.5. The van der Waals surface area contributed by atoms with Crippen molar-refractivity contribution in [2.24, 2.45) is 5.92 Å². The second-order valence-corrected chi connectivity index (χ2v) is 8.82. The molecule has 1 aliphatic carbocycles. The Bertz CT molecular complexity index is 639. The number of hydrogen-bond donors (Lipinski definition) is 0. The summed E-state index contributed by atoms with van der Waals surface area (Å²) in [7, 11) is 1.41. The first-order valence-corrected chi connectivity index (χ1v) is 11.3. The summed E-state index contributed by atoms with van der Waals surface area (Å²) < 4.78 is 5.00. The van der Waals surface area contributed by atoms with E-state index in [2.05, 4.69) is 19.1 Å². The van der Waals surface area contributed by atoms with Gasteiger partial charge in [0.2, 0.25) is 0 Å². The van der Waals surface area contributed by atoms with Crippen LogP contribution in [0.3, 0.4) is 0 Å². The van der Waals surface area contributed by atoms with E-state index >= 15 is 0 Å². The highest BCUT2D eigenvalue weighted by Gasteiger charge is 2.45. The van der Waals surface area contributed by atoms with E-state index in [1.807, 2.05) is 17.0 Å². The van der Waals surface area contributed by atoms with Crippen molar-refractivity contribution in [1.82, 2.24) is 4.90 Å². The molecule has 0 N–H and O–H groups in total. The summed E-state index contributed by atoms with van der Waals surface area (Å²) in [6, 6.07) is 7.47. The lowest BCUT2D eigenvalue weighted by atomic mass is 9.88. The van der Waals surface area contributed by atoms with Gasteiger partial charge in [0.05, 0.1) is 12.5 Å². The molecule has 0 spiro atoms. The van der Waals surface area contributed by atoms with Crippen LogP contribution in [0.15, 0.2) is 24.3 Å². The average Bonchev–Trinajstić information content (AvgIpc) is 3.17. The molecule has 5 heteroatoms. The fraction of sp³-hybridized carbons (Fsp3) is 0.636. The molecule has 2 atom stereocenters. The van der Waals surface area contributed by atoms with Gasteiger partial charge in [-0.1, -0.05) is 44.7 Å². The SMILES string of the molecule is CCCCc1ccc(C(=O)N2C(C(=O)OC)CSC2C2CCCCC2)cc1. The van der Waals surface area contributed by atoms with Gasteiger partial charge >= 0.3 is 5.97 Å². The molecule has 1 aliphatic heterocycles. The van der Waals surface area contributed by atoms with Crippen molar-refractivity contribution in [3.8, 4) is 0 Å². The molecule has 27 heavy (non-hydrogen) atoms. The summed E-state index contributed by atoms with van der Waals surface area (Å²) in [6.07, 6.45) is 9.37. The number of amides is 1. The lowest BCUT2D eigenvalue weighted by molar-refractivity contribution is -0.145. The van der Waals surface area contributed by atoms with Crippen molar-refractivity contribution in [3.05, 3.63) is 35.4 Å². The van der Waals surface area contributed by atoms with Gasteiger partial charge in [-0.05, 0) is 49.3 Å². The Balaban J connectivity index is 1.80. The first-order valence-electron chi connectivity index (χ1n) is 10.3. The van der Waals surface area contributed by atoms with Crippen molar-refractivity contribution in [2.75, 3.05) is 12.9 Å². The Morgan fingerprint density at radius 3 is 2.48 bits per heavy atom. The number of hydrogen-bond acceptors (Lipinski definition) is 4. The maximum absolute atomic E-state index is 13.4. The summed E-state index contributed by atoms with van der Waals surface area (Å²) in [5.41, 5.74) is 1.94. The first kappa shape index (κ1) is 20.2. The largest absolute Gasteiger partial charge is 0.467 e. The van der Waals surface area contributed by atoms with Crippen molar-refractivity contribution < 1.29 is 14.3 Å². The van der Waals surface area contributed by atoms with Crippen LogP contribution in [-0.4, -0.2) is 41.1 Å². The normalized spacial score (nSPS) is 23.4. The van der Waals surface area contributed by atoms with Crippen LogP contribution in [0, 0.1) is 5.92 Å². The van der Waals surface area contributed by atoms with Crippen molar-refractivity contribution in [2.45, 2.75) is 69.7 Å². The van der Waals surface area contributed by atoms with Crippen LogP contribution in [0.5, 0.6) is 0 Å². The summed E-state index contributed by atoms with van der Waals surface area (Å²) in [5.74, 6) is 0.779. The van der Waals surface area contributed by atoms with E-state index in [1.54, 1.807) is 11.8 Å². The standard InChI is InChI=1S/C22H31NO3S/c1-3-4-8-16-11-13-17(14-12-16)20(24)23-19(22(25)26-2)15-27-21(23)18-9-6-5-7-10-18/h11-14,18-19,21H,3-10,15H2,1-2H3. The maximum atomic E-state index is 13.4. The second kappa shape index (κ2) is 9.63. The molecule has 3 rings (SSSR count). The minimum Gasteiger partial charge on any atom is -0.467 e. The van der Waals surface area contributed by atoms with E-state index in [1.165, 1.54) is 31.9 Å². The number of aryl methyl sites for hydroxylation is 1. The molecule has 1 saturated carbocycles. The molecule has 4 nitrogen and oxygen atoms in total. The Kier molecular flexibility index (Phi) is 7.22. The number of benzene rings is 1. The highest BCUT2D eigenvalue weighted by atomic mass is 32.2. The first-order chi connectivity index (χ1) is 13.2. The van der Waals surface area contributed by atoms with E-state index < -0.39 is 6.04 Å². The summed E-state index contributed by atoms with van der Waals surface area (Å²) in [5, 5.41) is 0.0849. The van der Waals surface area contributed by atoms with Gasteiger partial charge in [-0.2, -0.15) is 0 Å². The van der Waals surface area contributed by atoms with Crippen LogP contribution < -0.4 is 0 Å². The van der Waals surface area contributed by atoms with Gasteiger partial charge < -0.3 is 9.64 Å². The topological polar surface area (TPSA) is 46.6 Å². The van der Waals surface area contributed by atoms with Gasteiger partial charge in [0.15, 0.2) is 0 Å². The third-order valence-corrected chi connectivity index (χ3v) is 7.28. The van der Waals surface area contributed by atoms with E-state index in [0.29, 0.717) is 17.2 Å². The average molecular weight is 390 g/mol.